The Bertz CT molecular complexity index is 711. The lowest BCUT2D eigenvalue weighted by atomic mass is 10.3. The molecule has 0 bridgehead atoms. The number of benzene rings is 1. The Morgan fingerprint density at radius 3 is 2.78 bits per heavy atom. The predicted octanol–water partition coefficient (Wildman–Crippen LogP) is 4.16. The molecule has 8 heteroatoms. The Morgan fingerprint density at radius 1 is 1.33 bits per heavy atom. The molecule has 0 amide bonds. The Kier molecular flexibility index (Phi) is 11.3. The lowest BCUT2D eigenvalue weighted by Crippen LogP contribution is -2.38. The Balaban J connectivity index is 0.00000364. The van der Waals surface area contributed by atoms with Crippen molar-refractivity contribution in [3.63, 3.8) is 0 Å². The van der Waals surface area contributed by atoms with E-state index in [1.165, 1.54) is 6.07 Å². The number of nitrogens with zero attached hydrogens (tertiary/aromatic N) is 2. The van der Waals surface area contributed by atoms with Gasteiger partial charge in [-0.3, -0.25) is 0 Å². The largest absolute Gasteiger partial charge is 0.486 e. The quantitative estimate of drug-likeness (QED) is 0.232. The van der Waals surface area contributed by atoms with Gasteiger partial charge in [0, 0.05) is 30.6 Å². The second-order valence-corrected chi connectivity index (χ2v) is 6.93. The minimum Gasteiger partial charge on any atom is -0.486 e. The molecule has 27 heavy (non-hydrogen) atoms. The van der Waals surface area contributed by atoms with Gasteiger partial charge in [0.05, 0.1) is 11.6 Å². The van der Waals surface area contributed by atoms with Crippen LogP contribution in [0.2, 0.25) is 0 Å². The molecule has 150 valence electrons. The summed E-state index contributed by atoms with van der Waals surface area (Å²) in [4.78, 5) is 8.99. The molecule has 1 unspecified atom stereocenters. The van der Waals surface area contributed by atoms with Crippen LogP contribution in [0.1, 0.15) is 31.0 Å². The molecule has 2 aromatic rings. The lowest BCUT2D eigenvalue weighted by Gasteiger charge is -2.15. The topological polar surface area (TPSA) is 58.5 Å². The number of aliphatic imine (C=N–C) groups is 1. The van der Waals surface area contributed by atoms with Gasteiger partial charge in [0.1, 0.15) is 6.10 Å². The summed E-state index contributed by atoms with van der Waals surface area (Å²) in [5.41, 5.74) is 1.08. The zero-order chi connectivity index (χ0) is 18.8. The molecule has 2 N–H and O–H groups in total. The smallest absolute Gasteiger partial charge is 0.191 e. The third-order valence-corrected chi connectivity index (χ3v) is 4.57. The van der Waals surface area contributed by atoms with Gasteiger partial charge in [-0.15, -0.1) is 35.3 Å². The number of rotatable bonds is 9. The van der Waals surface area contributed by atoms with Crippen molar-refractivity contribution in [1.82, 2.24) is 15.6 Å². The van der Waals surface area contributed by atoms with Gasteiger partial charge in [-0.2, -0.15) is 0 Å². The van der Waals surface area contributed by atoms with Crippen LogP contribution in [0.4, 0.5) is 4.39 Å². The molecule has 1 heterocycles. The first-order valence-electron chi connectivity index (χ1n) is 8.93. The van der Waals surface area contributed by atoms with Crippen LogP contribution in [0, 0.1) is 12.7 Å². The maximum absolute atomic E-state index is 13.6. The standard InChI is InChI=1S/C19H27FN4OS.HI/c1-4-21-19(22-11-7-10-18-24-14(2)13-26-18)23-12-15(3)25-17-9-6-5-8-16(17)20;/h5-6,8-9,13,15H,4,7,10-12H2,1-3H3,(H2,21,22,23);1H. The van der Waals surface area contributed by atoms with Gasteiger partial charge in [-0.1, -0.05) is 12.1 Å². The Hall–Kier alpha value is -1.42. The summed E-state index contributed by atoms with van der Waals surface area (Å²) in [7, 11) is 0. The van der Waals surface area contributed by atoms with Gasteiger partial charge in [-0.05, 0) is 39.3 Å². The molecular weight excluding hydrogens is 478 g/mol. The lowest BCUT2D eigenvalue weighted by molar-refractivity contribution is 0.220. The van der Waals surface area contributed by atoms with E-state index in [1.54, 1.807) is 29.5 Å². The van der Waals surface area contributed by atoms with Crippen molar-refractivity contribution in [3.8, 4) is 5.75 Å². The van der Waals surface area contributed by atoms with Crippen molar-refractivity contribution in [2.24, 2.45) is 4.99 Å². The summed E-state index contributed by atoms with van der Waals surface area (Å²) in [6, 6.07) is 6.41. The van der Waals surface area contributed by atoms with E-state index in [-0.39, 0.29) is 41.6 Å². The monoisotopic (exact) mass is 506 g/mol. The van der Waals surface area contributed by atoms with Crippen LogP contribution < -0.4 is 15.4 Å². The Labute approximate surface area is 181 Å². The molecule has 0 spiro atoms. The van der Waals surface area contributed by atoms with E-state index in [2.05, 4.69) is 26.0 Å². The number of halogens is 2. The summed E-state index contributed by atoms with van der Waals surface area (Å²) in [6.45, 7) is 7.94. The van der Waals surface area contributed by atoms with Crippen LogP contribution in [0.15, 0.2) is 34.6 Å². The molecule has 0 fully saturated rings. The van der Waals surface area contributed by atoms with Crippen LogP contribution in [0.5, 0.6) is 5.75 Å². The molecule has 1 atom stereocenters. The van der Waals surface area contributed by atoms with E-state index in [1.807, 2.05) is 20.8 Å². The summed E-state index contributed by atoms with van der Waals surface area (Å²) >= 11 is 1.70. The fourth-order valence-electron chi connectivity index (χ4n) is 2.32. The second-order valence-electron chi connectivity index (χ2n) is 5.99. The summed E-state index contributed by atoms with van der Waals surface area (Å²) in [6.07, 6.45) is 1.72. The molecule has 0 saturated heterocycles. The SMILES string of the molecule is CCNC(=NCC(C)Oc1ccccc1F)NCCCc1nc(C)cs1.I. The molecule has 0 aliphatic rings. The number of hydrogen-bond acceptors (Lipinski definition) is 4. The van der Waals surface area contributed by atoms with E-state index < -0.39 is 0 Å². The number of aryl methyl sites for hydroxylation is 2. The van der Waals surface area contributed by atoms with Crippen molar-refractivity contribution in [1.29, 1.82) is 0 Å². The number of nitrogens with one attached hydrogen (secondary N) is 2. The summed E-state index contributed by atoms with van der Waals surface area (Å²) < 4.78 is 19.2. The molecular formula is C19H28FIN4OS. The highest BCUT2D eigenvalue weighted by Crippen LogP contribution is 2.17. The summed E-state index contributed by atoms with van der Waals surface area (Å²) in [5, 5.41) is 9.77. The Morgan fingerprint density at radius 2 is 2.11 bits per heavy atom. The highest BCUT2D eigenvalue weighted by atomic mass is 127. The number of aromatic nitrogens is 1. The van der Waals surface area contributed by atoms with Crippen molar-refractivity contribution >= 4 is 41.3 Å². The maximum atomic E-state index is 13.6. The summed E-state index contributed by atoms with van der Waals surface area (Å²) in [5.74, 6) is 0.643. The highest BCUT2D eigenvalue weighted by Gasteiger charge is 2.08. The van der Waals surface area contributed by atoms with Gasteiger partial charge >= 0.3 is 0 Å². The van der Waals surface area contributed by atoms with E-state index in [4.69, 9.17) is 4.74 Å². The van der Waals surface area contributed by atoms with Crippen LogP contribution in [-0.2, 0) is 6.42 Å². The van der Waals surface area contributed by atoms with Gasteiger partial charge in [-0.25, -0.2) is 14.4 Å². The zero-order valence-corrected chi connectivity index (χ0v) is 19.1. The molecule has 0 aliphatic heterocycles. The van der Waals surface area contributed by atoms with Crippen LogP contribution >= 0.6 is 35.3 Å². The number of hydrogen-bond donors (Lipinski definition) is 2. The molecule has 2 rings (SSSR count). The van der Waals surface area contributed by atoms with Gasteiger partial charge in [0.15, 0.2) is 17.5 Å². The van der Waals surface area contributed by atoms with E-state index >= 15 is 0 Å². The number of thiazole rings is 1. The van der Waals surface area contributed by atoms with Crippen molar-refractivity contribution in [2.75, 3.05) is 19.6 Å². The number of guanidine groups is 1. The molecule has 5 nitrogen and oxygen atoms in total. The third-order valence-electron chi connectivity index (χ3n) is 3.54. The molecule has 1 aromatic heterocycles. The van der Waals surface area contributed by atoms with Crippen LogP contribution in [-0.4, -0.2) is 36.7 Å². The van der Waals surface area contributed by atoms with Crippen molar-refractivity contribution in [2.45, 2.75) is 39.7 Å². The third kappa shape index (κ3) is 8.87. The fourth-order valence-corrected chi connectivity index (χ4v) is 3.14. The first kappa shape index (κ1) is 23.6. The van der Waals surface area contributed by atoms with Gasteiger partial charge in [0.25, 0.3) is 0 Å². The average molecular weight is 506 g/mol. The first-order chi connectivity index (χ1) is 12.6. The zero-order valence-electron chi connectivity index (χ0n) is 16.0. The van der Waals surface area contributed by atoms with Crippen molar-refractivity contribution in [3.05, 3.63) is 46.2 Å². The molecule has 1 aromatic carbocycles. The van der Waals surface area contributed by atoms with Gasteiger partial charge < -0.3 is 15.4 Å². The first-order valence-corrected chi connectivity index (χ1v) is 9.80. The maximum Gasteiger partial charge on any atom is 0.191 e. The normalized spacial score (nSPS) is 12.2. The number of para-hydroxylation sites is 1. The second kappa shape index (κ2) is 12.9. The minimum absolute atomic E-state index is 0. The van der Waals surface area contributed by atoms with E-state index in [0.717, 1.165) is 42.6 Å². The predicted molar refractivity (Wildman–Crippen MR) is 121 cm³/mol. The highest BCUT2D eigenvalue weighted by molar-refractivity contribution is 14.0. The number of ether oxygens (including phenoxy) is 1. The van der Waals surface area contributed by atoms with Crippen LogP contribution in [0.25, 0.3) is 0 Å². The molecule has 0 saturated carbocycles. The average Bonchev–Trinajstić information content (AvgIpc) is 3.03. The minimum atomic E-state index is -0.356. The van der Waals surface area contributed by atoms with E-state index in [0.29, 0.717) is 6.54 Å². The van der Waals surface area contributed by atoms with Crippen LogP contribution in [0.3, 0.4) is 0 Å². The van der Waals surface area contributed by atoms with Gasteiger partial charge in [0.2, 0.25) is 0 Å². The van der Waals surface area contributed by atoms with E-state index in [9.17, 15) is 4.39 Å². The van der Waals surface area contributed by atoms with Crippen molar-refractivity contribution < 1.29 is 9.13 Å². The molecule has 0 aliphatic carbocycles. The molecule has 0 radical (unpaired) electrons. The fraction of sp³-hybridized carbons (Fsp3) is 0.474.